The molecular formula is C26H33F2N7O2S. The van der Waals surface area contributed by atoms with Crippen molar-refractivity contribution in [3.05, 3.63) is 29.7 Å². The fraction of sp³-hybridized carbons (Fsp3) is 0.615. The number of aryl methyl sites for hydroxylation is 1. The van der Waals surface area contributed by atoms with Gasteiger partial charge in [0, 0.05) is 62.2 Å². The minimum Gasteiger partial charge on any atom is -0.370 e. The minimum atomic E-state index is -2.97. The topological polar surface area (TPSA) is 115 Å². The summed E-state index contributed by atoms with van der Waals surface area (Å²) >= 11 is 0. The molecule has 9 nitrogen and oxygen atoms in total. The molecule has 2 aromatic heterocycles. The number of rotatable bonds is 6. The van der Waals surface area contributed by atoms with Crippen molar-refractivity contribution >= 4 is 33.1 Å². The number of carbonyl (C=O) groups is 1. The van der Waals surface area contributed by atoms with Crippen LogP contribution in [0.25, 0.3) is 0 Å². The third-order valence-corrected chi connectivity index (χ3v) is 10.7. The zero-order chi connectivity index (χ0) is 26.7. The summed E-state index contributed by atoms with van der Waals surface area (Å²) in [6, 6.07) is 3.36. The van der Waals surface area contributed by atoms with Gasteiger partial charge in [0.25, 0.3) is 11.8 Å². The number of hydrogen-bond acceptors (Lipinski definition) is 8. The SMILES string of the molecule is Cc1cc(NC(=O)c2ncc([S@@](=N)(=O)C3CC3)cc2N2CCC3(CC2)CC3)nc(N2CCC(F)(F)CC2)n1. The summed E-state index contributed by atoms with van der Waals surface area (Å²) in [7, 11) is -2.97. The van der Waals surface area contributed by atoms with Crippen molar-refractivity contribution in [2.75, 3.05) is 41.3 Å². The maximum Gasteiger partial charge on any atom is 0.277 e. The highest BCUT2D eigenvalue weighted by Crippen LogP contribution is 2.54. The molecule has 204 valence electrons. The van der Waals surface area contributed by atoms with Gasteiger partial charge in [0.05, 0.1) is 20.3 Å². The molecule has 2 aromatic rings. The molecule has 2 saturated carbocycles. The van der Waals surface area contributed by atoms with Crippen LogP contribution in [0.4, 0.5) is 26.2 Å². The van der Waals surface area contributed by atoms with E-state index in [-0.39, 0.29) is 42.7 Å². The van der Waals surface area contributed by atoms with Crippen LogP contribution in [0.15, 0.2) is 23.2 Å². The van der Waals surface area contributed by atoms with Crippen molar-refractivity contribution in [3.63, 3.8) is 0 Å². The number of aromatic nitrogens is 3. The predicted octanol–water partition coefficient (Wildman–Crippen LogP) is 4.62. The summed E-state index contributed by atoms with van der Waals surface area (Å²) in [4.78, 5) is 31.0. The first kappa shape index (κ1) is 25.4. The molecule has 0 aromatic carbocycles. The smallest absolute Gasteiger partial charge is 0.277 e. The molecule has 0 bridgehead atoms. The number of hydrogen-bond donors (Lipinski definition) is 2. The van der Waals surface area contributed by atoms with Crippen LogP contribution in [0, 0.1) is 17.1 Å². The fourth-order valence-electron chi connectivity index (χ4n) is 5.48. The van der Waals surface area contributed by atoms with E-state index < -0.39 is 21.6 Å². The highest BCUT2D eigenvalue weighted by molar-refractivity contribution is 7.93. The van der Waals surface area contributed by atoms with Gasteiger partial charge in [0.15, 0.2) is 5.69 Å². The second-order valence-corrected chi connectivity index (χ2v) is 13.7. The van der Waals surface area contributed by atoms with Crippen LogP contribution in [0.3, 0.4) is 0 Å². The first-order chi connectivity index (χ1) is 18.0. The van der Waals surface area contributed by atoms with Gasteiger partial charge in [-0.15, -0.1) is 0 Å². The van der Waals surface area contributed by atoms with Crippen molar-refractivity contribution in [1.29, 1.82) is 4.78 Å². The van der Waals surface area contributed by atoms with Crippen LogP contribution in [0.1, 0.15) is 67.5 Å². The molecule has 4 aliphatic rings. The van der Waals surface area contributed by atoms with Gasteiger partial charge in [0.2, 0.25) is 5.95 Å². The minimum absolute atomic E-state index is 0.140. The van der Waals surface area contributed by atoms with Gasteiger partial charge in [-0.25, -0.2) is 27.7 Å². The Balaban J connectivity index is 1.27. The highest BCUT2D eigenvalue weighted by atomic mass is 32.2. The van der Waals surface area contributed by atoms with E-state index in [0.29, 0.717) is 27.6 Å². The van der Waals surface area contributed by atoms with E-state index in [9.17, 15) is 17.8 Å². The monoisotopic (exact) mass is 545 g/mol. The van der Waals surface area contributed by atoms with Crippen LogP contribution in [0.2, 0.25) is 0 Å². The van der Waals surface area contributed by atoms with E-state index in [1.54, 1.807) is 24.0 Å². The van der Waals surface area contributed by atoms with Gasteiger partial charge < -0.3 is 15.1 Å². The Morgan fingerprint density at radius 3 is 2.32 bits per heavy atom. The second kappa shape index (κ2) is 9.10. The lowest BCUT2D eigenvalue weighted by molar-refractivity contribution is -0.0222. The molecule has 4 heterocycles. The molecule has 6 rings (SSSR count). The van der Waals surface area contributed by atoms with Crippen LogP contribution < -0.4 is 15.1 Å². The Morgan fingerprint density at radius 2 is 1.68 bits per heavy atom. The largest absolute Gasteiger partial charge is 0.370 e. The van der Waals surface area contributed by atoms with Crippen molar-refractivity contribution in [2.24, 2.45) is 5.41 Å². The Bertz CT molecular complexity index is 1360. The third kappa shape index (κ3) is 5.06. The summed E-state index contributed by atoms with van der Waals surface area (Å²) in [6.45, 7) is 3.61. The van der Waals surface area contributed by atoms with Gasteiger partial charge in [-0.3, -0.25) is 4.79 Å². The molecular weight excluding hydrogens is 512 g/mol. The van der Waals surface area contributed by atoms with Gasteiger partial charge in [0.1, 0.15) is 5.82 Å². The highest BCUT2D eigenvalue weighted by Gasteiger charge is 2.45. The number of nitrogens with one attached hydrogen (secondary N) is 2. The van der Waals surface area contributed by atoms with Crippen LogP contribution in [-0.2, 0) is 9.73 Å². The van der Waals surface area contributed by atoms with Gasteiger partial charge >= 0.3 is 0 Å². The third-order valence-electron chi connectivity index (χ3n) is 8.39. The number of amides is 1. The maximum absolute atomic E-state index is 13.6. The normalized spacial score (nSPS) is 23.7. The Kier molecular flexibility index (Phi) is 6.08. The summed E-state index contributed by atoms with van der Waals surface area (Å²) in [5.41, 5.74) is 1.84. The molecule has 0 unspecified atom stereocenters. The number of halogens is 2. The standard InChI is InChI=1S/C26H33F2N7O2S/c1-17-14-21(33-24(31-17)35-12-8-26(27,28)9-13-35)32-23(36)22-20(34-10-6-25(4-5-25)7-11-34)15-19(16-30-22)38(29,37)18-2-3-18/h14-16,18,29H,2-13H2,1H3,(H,31,32,33,36)/t38-/m0/s1. The molecule has 12 heteroatoms. The molecule has 2 saturated heterocycles. The maximum atomic E-state index is 13.6. The van der Waals surface area contributed by atoms with E-state index in [1.165, 1.54) is 19.0 Å². The van der Waals surface area contributed by atoms with Crippen molar-refractivity contribution < 1.29 is 17.8 Å². The lowest BCUT2D eigenvalue weighted by Crippen LogP contribution is -2.40. The fourth-order valence-corrected chi connectivity index (χ4v) is 7.16. The summed E-state index contributed by atoms with van der Waals surface area (Å²) in [5.74, 6) is -2.57. The number of nitrogens with zero attached hydrogens (tertiary/aromatic N) is 5. The zero-order valence-corrected chi connectivity index (χ0v) is 22.3. The first-order valence-corrected chi connectivity index (χ1v) is 15.0. The lowest BCUT2D eigenvalue weighted by Gasteiger charge is -2.34. The van der Waals surface area contributed by atoms with Crippen molar-refractivity contribution in [2.45, 2.75) is 74.4 Å². The molecule has 1 atom stereocenters. The van der Waals surface area contributed by atoms with Gasteiger partial charge in [-0.1, -0.05) is 0 Å². The lowest BCUT2D eigenvalue weighted by atomic mass is 9.93. The second-order valence-electron chi connectivity index (χ2n) is 11.3. The summed E-state index contributed by atoms with van der Waals surface area (Å²) < 4.78 is 48.9. The Labute approximate surface area is 221 Å². The molecule has 1 spiro atoms. The average molecular weight is 546 g/mol. The molecule has 2 N–H and O–H groups in total. The molecule has 4 fully saturated rings. The van der Waals surface area contributed by atoms with E-state index in [2.05, 4.69) is 25.2 Å². The van der Waals surface area contributed by atoms with Crippen LogP contribution in [-0.4, -0.2) is 62.4 Å². The summed E-state index contributed by atoms with van der Waals surface area (Å²) in [6.07, 6.45) is 7.01. The quantitative estimate of drug-likeness (QED) is 0.544. The number of carbonyl (C=O) groups excluding carboxylic acids is 1. The molecule has 0 radical (unpaired) electrons. The molecule has 38 heavy (non-hydrogen) atoms. The Morgan fingerprint density at radius 1 is 1.03 bits per heavy atom. The number of alkyl halides is 2. The van der Waals surface area contributed by atoms with E-state index >= 15 is 0 Å². The van der Waals surface area contributed by atoms with E-state index in [0.717, 1.165) is 38.8 Å². The molecule has 1 amide bonds. The molecule has 2 aliphatic heterocycles. The van der Waals surface area contributed by atoms with E-state index in [4.69, 9.17) is 4.78 Å². The number of pyridine rings is 1. The number of piperidine rings is 2. The first-order valence-electron chi connectivity index (χ1n) is 13.4. The van der Waals surface area contributed by atoms with Crippen molar-refractivity contribution in [3.8, 4) is 0 Å². The van der Waals surface area contributed by atoms with Gasteiger partial charge in [-0.05, 0) is 56.9 Å². The van der Waals surface area contributed by atoms with Crippen LogP contribution >= 0.6 is 0 Å². The van der Waals surface area contributed by atoms with Gasteiger partial charge in [-0.2, -0.15) is 4.98 Å². The van der Waals surface area contributed by atoms with Crippen molar-refractivity contribution in [1.82, 2.24) is 15.0 Å². The van der Waals surface area contributed by atoms with E-state index in [1.807, 2.05) is 0 Å². The predicted molar refractivity (Wildman–Crippen MR) is 141 cm³/mol. The van der Waals surface area contributed by atoms with Crippen LogP contribution in [0.5, 0.6) is 0 Å². The molecule has 2 aliphatic carbocycles. The number of anilines is 3. The zero-order valence-electron chi connectivity index (χ0n) is 21.5. The summed E-state index contributed by atoms with van der Waals surface area (Å²) in [5, 5.41) is 2.68. The average Bonchev–Trinajstić information content (AvgIpc) is 3.80. The Hall–Kier alpha value is -2.89.